The second-order valence-corrected chi connectivity index (χ2v) is 7.81. The maximum absolute atomic E-state index is 12.3. The number of benzene rings is 1. The van der Waals surface area contributed by atoms with Gasteiger partial charge in [-0.05, 0) is 41.7 Å². The Morgan fingerprint density at radius 1 is 1.05 bits per heavy atom. The normalized spacial score (nSPS) is 12.2. The minimum atomic E-state index is -3.58. The van der Waals surface area contributed by atoms with E-state index in [0.29, 0.717) is 5.69 Å². The van der Waals surface area contributed by atoms with Crippen LogP contribution in [-0.4, -0.2) is 13.4 Å². The number of nitrogens with zero attached hydrogens (tertiary/aromatic N) is 1. The van der Waals surface area contributed by atoms with Gasteiger partial charge in [-0.3, -0.25) is 9.71 Å². The summed E-state index contributed by atoms with van der Waals surface area (Å²) in [6, 6.07) is 8.71. The minimum Gasteiger partial charge on any atom is -0.278 e. The van der Waals surface area contributed by atoms with Gasteiger partial charge in [0, 0.05) is 6.20 Å². The highest BCUT2D eigenvalue weighted by Gasteiger charge is 2.17. The van der Waals surface area contributed by atoms with Crippen molar-refractivity contribution in [2.75, 3.05) is 4.72 Å². The Kier molecular flexibility index (Phi) is 4.05. The summed E-state index contributed by atoms with van der Waals surface area (Å²) in [5.74, 6) is 0. The highest BCUT2D eigenvalue weighted by molar-refractivity contribution is 7.92. The SMILES string of the molecule is Cc1cncc(NS(=O)(=O)c2ccc(C(C)(C)C)cc2)c1. The van der Waals surface area contributed by atoms with E-state index >= 15 is 0 Å². The largest absolute Gasteiger partial charge is 0.278 e. The monoisotopic (exact) mass is 304 g/mol. The number of anilines is 1. The van der Waals surface area contributed by atoms with Gasteiger partial charge in [0.25, 0.3) is 10.0 Å². The molecule has 1 aromatic carbocycles. The zero-order valence-electron chi connectivity index (χ0n) is 12.7. The van der Waals surface area contributed by atoms with Crippen molar-refractivity contribution < 1.29 is 8.42 Å². The predicted molar refractivity (Wildman–Crippen MR) is 84.9 cm³/mol. The Morgan fingerprint density at radius 2 is 1.67 bits per heavy atom. The molecular weight excluding hydrogens is 284 g/mol. The summed E-state index contributed by atoms with van der Waals surface area (Å²) in [5.41, 5.74) is 2.46. The lowest BCUT2D eigenvalue weighted by atomic mass is 9.87. The zero-order valence-corrected chi connectivity index (χ0v) is 13.5. The van der Waals surface area contributed by atoms with Crippen LogP contribution in [0.25, 0.3) is 0 Å². The van der Waals surface area contributed by atoms with Crippen molar-refractivity contribution in [3.8, 4) is 0 Å². The van der Waals surface area contributed by atoms with Gasteiger partial charge in [-0.2, -0.15) is 0 Å². The van der Waals surface area contributed by atoms with Crippen LogP contribution in [0, 0.1) is 6.92 Å². The molecule has 0 saturated heterocycles. The lowest BCUT2D eigenvalue weighted by Crippen LogP contribution is -2.15. The smallest absolute Gasteiger partial charge is 0.261 e. The van der Waals surface area contributed by atoms with E-state index in [1.807, 2.05) is 19.1 Å². The zero-order chi connectivity index (χ0) is 15.7. The van der Waals surface area contributed by atoms with Crippen LogP contribution in [0.3, 0.4) is 0 Å². The molecule has 0 aliphatic rings. The molecule has 0 spiro atoms. The van der Waals surface area contributed by atoms with Crippen LogP contribution < -0.4 is 4.72 Å². The van der Waals surface area contributed by atoms with Crippen molar-refractivity contribution in [1.82, 2.24) is 4.98 Å². The first kappa shape index (κ1) is 15.5. The molecule has 0 amide bonds. The molecule has 0 fully saturated rings. The summed E-state index contributed by atoms with van der Waals surface area (Å²) in [7, 11) is -3.58. The van der Waals surface area contributed by atoms with Crippen molar-refractivity contribution >= 4 is 15.7 Å². The molecule has 0 atom stereocenters. The fourth-order valence-corrected chi connectivity index (χ4v) is 2.99. The number of sulfonamides is 1. The van der Waals surface area contributed by atoms with Crippen LogP contribution in [-0.2, 0) is 15.4 Å². The third kappa shape index (κ3) is 3.82. The van der Waals surface area contributed by atoms with Gasteiger partial charge >= 0.3 is 0 Å². The molecule has 5 heteroatoms. The summed E-state index contributed by atoms with van der Waals surface area (Å²) in [6.45, 7) is 8.14. The third-order valence-electron chi connectivity index (χ3n) is 3.16. The Hall–Kier alpha value is -1.88. The first-order chi connectivity index (χ1) is 9.68. The Morgan fingerprint density at radius 3 is 2.19 bits per heavy atom. The van der Waals surface area contributed by atoms with Crippen LogP contribution in [0.15, 0.2) is 47.6 Å². The molecule has 2 aromatic rings. The standard InChI is InChI=1S/C16H20N2O2S/c1-12-9-14(11-17-10-12)18-21(19,20)15-7-5-13(6-8-15)16(2,3)4/h5-11,18H,1-4H3. The molecule has 0 radical (unpaired) electrons. The van der Waals surface area contributed by atoms with E-state index in [1.54, 1.807) is 24.4 Å². The van der Waals surface area contributed by atoms with E-state index < -0.39 is 10.0 Å². The van der Waals surface area contributed by atoms with Crippen LogP contribution >= 0.6 is 0 Å². The molecule has 1 heterocycles. The third-order valence-corrected chi connectivity index (χ3v) is 4.56. The van der Waals surface area contributed by atoms with E-state index in [9.17, 15) is 8.42 Å². The molecule has 0 unspecified atom stereocenters. The van der Waals surface area contributed by atoms with Gasteiger partial charge < -0.3 is 0 Å². The molecule has 0 aliphatic carbocycles. The number of nitrogens with one attached hydrogen (secondary N) is 1. The lowest BCUT2D eigenvalue weighted by Gasteiger charge is -2.19. The van der Waals surface area contributed by atoms with E-state index in [-0.39, 0.29) is 10.3 Å². The molecule has 0 aliphatic heterocycles. The van der Waals surface area contributed by atoms with Crippen molar-refractivity contribution in [1.29, 1.82) is 0 Å². The summed E-state index contributed by atoms with van der Waals surface area (Å²) >= 11 is 0. The average Bonchev–Trinajstić information content (AvgIpc) is 2.37. The lowest BCUT2D eigenvalue weighted by molar-refractivity contribution is 0.587. The number of aryl methyl sites for hydroxylation is 1. The molecule has 1 aromatic heterocycles. The van der Waals surface area contributed by atoms with Crippen molar-refractivity contribution in [3.63, 3.8) is 0 Å². The first-order valence-electron chi connectivity index (χ1n) is 6.73. The molecule has 112 valence electrons. The van der Waals surface area contributed by atoms with Gasteiger partial charge in [0.1, 0.15) is 0 Å². The maximum Gasteiger partial charge on any atom is 0.261 e. The summed E-state index contributed by atoms with van der Waals surface area (Å²) in [5, 5.41) is 0. The predicted octanol–water partition coefficient (Wildman–Crippen LogP) is 3.49. The van der Waals surface area contributed by atoms with Crippen molar-refractivity contribution in [2.45, 2.75) is 38.0 Å². The Bertz CT molecular complexity index is 730. The first-order valence-corrected chi connectivity index (χ1v) is 8.22. The van der Waals surface area contributed by atoms with Gasteiger partial charge in [0.2, 0.25) is 0 Å². The van der Waals surface area contributed by atoms with Crippen molar-refractivity contribution in [3.05, 3.63) is 53.9 Å². The van der Waals surface area contributed by atoms with Crippen molar-refractivity contribution in [2.24, 2.45) is 0 Å². The summed E-state index contributed by atoms with van der Waals surface area (Å²) < 4.78 is 27.2. The van der Waals surface area contributed by atoms with Gasteiger partial charge in [-0.25, -0.2) is 8.42 Å². The number of hydrogen-bond acceptors (Lipinski definition) is 3. The quantitative estimate of drug-likeness (QED) is 0.944. The minimum absolute atomic E-state index is 0.00379. The molecular formula is C16H20N2O2S. The molecule has 1 N–H and O–H groups in total. The molecule has 21 heavy (non-hydrogen) atoms. The fraction of sp³-hybridized carbons (Fsp3) is 0.312. The molecule has 2 rings (SSSR count). The Labute approximate surface area is 126 Å². The number of pyridine rings is 1. The highest BCUT2D eigenvalue weighted by atomic mass is 32.2. The van der Waals surface area contributed by atoms with Crippen LogP contribution in [0.5, 0.6) is 0 Å². The molecule has 0 saturated carbocycles. The van der Waals surface area contributed by atoms with Gasteiger partial charge in [0.05, 0.1) is 16.8 Å². The number of aromatic nitrogens is 1. The Balaban J connectivity index is 2.28. The summed E-state index contributed by atoms with van der Waals surface area (Å²) in [6.07, 6.45) is 3.17. The van der Waals surface area contributed by atoms with Crippen LogP contribution in [0.4, 0.5) is 5.69 Å². The van der Waals surface area contributed by atoms with E-state index in [1.165, 1.54) is 6.20 Å². The maximum atomic E-state index is 12.3. The number of hydrogen-bond donors (Lipinski definition) is 1. The molecule has 0 bridgehead atoms. The van der Waals surface area contributed by atoms with E-state index in [0.717, 1.165) is 11.1 Å². The van der Waals surface area contributed by atoms with E-state index in [4.69, 9.17) is 0 Å². The second kappa shape index (κ2) is 5.48. The fourth-order valence-electron chi connectivity index (χ4n) is 1.96. The highest BCUT2D eigenvalue weighted by Crippen LogP contribution is 2.24. The number of rotatable bonds is 3. The van der Waals surface area contributed by atoms with Crippen LogP contribution in [0.2, 0.25) is 0 Å². The van der Waals surface area contributed by atoms with E-state index in [2.05, 4.69) is 30.5 Å². The second-order valence-electron chi connectivity index (χ2n) is 6.13. The topological polar surface area (TPSA) is 59.1 Å². The van der Waals surface area contributed by atoms with Gasteiger partial charge in [0.15, 0.2) is 0 Å². The van der Waals surface area contributed by atoms with Gasteiger partial charge in [-0.15, -0.1) is 0 Å². The summed E-state index contributed by atoms with van der Waals surface area (Å²) in [4.78, 5) is 4.23. The van der Waals surface area contributed by atoms with Crippen LogP contribution in [0.1, 0.15) is 31.9 Å². The average molecular weight is 304 g/mol. The van der Waals surface area contributed by atoms with Gasteiger partial charge in [-0.1, -0.05) is 32.9 Å². The molecule has 4 nitrogen and oxygen atoms in total.